The summed E-state index contributed by atoms with van der Waals surface area (Å²) in [6, 6.07) is 9.34. The molecule has 3 aromatic rings. The van der Waals surface area contributed by atoms with Gasteiger partial charge in [0, 0.05) is 29.2 Å². The lowest BCUT2D eigenvalue weighted by molar-refractivity contribution is 0.356. The third kappa shape index (κ3) is 3.18. The Morgan fingerprint density at radius 3 is 2.56 bits per heavy atom. The lowest BCUT2D eigenvalue weighted by Gasteiger charge is -2.13. The van der Waals surface area contributed by atoms with Crippen LogP contribution in [0.4, 0.5) is 11.5 Å². The Morgan fingerprint density at radius 1 is 1.12 bits per heavy atom. The molecule has 0 unspecified atom stereocenters. The van der Waals surface area contributed by atoms with Crippen molar-refractivity contribution in [2.24, 2.45) is 5.73 Å². The molecule has 0 fully saturated rings. The van der Waals surface area contributed by atoms with E-state index in [0.717, 1.165) is 27.7 Å². The maximum atomic E-state index is 5.70. The molecule has 1 aromatic heterocycles. The van der Waals surface area contributed by atoms with Crippen molar-refractivity contribution in [3.63, 3.8) is 0 Å². The van der Waals surface area contributed by atoms with Crippen LogP contribution in [0.2, 0.25) is 0 Å². The molecule has 6 heteroatoms. The van der Waals surface area contributed by atoms with E-state index >= 15 is 0 Å². The van der Waals surface area contributed by atoms with Crippen LogP contribution in [-0.4, -0.2) is 24.2 Å². The number of methoxy groups -OCH3 is 2. The van der Waals surface area contributed by atoms with E-state index in [-0.39, 0.29) is 0 Å². The first-order valence-electron chi connectivity index (χ1n) is 7.63. The summed E-state index contributed by atoms with van der Waals surface area (Å²) in [5.41, 5.74) is 8.94. The van der Waals surface area contributed by atoms with Gasteiger partial charge < -0.3 is 20.5 Å². The molecule has 0 aliphatic heterocycles. The molecule has 0 bridgehead atoms. The number of hydrogen-bond donors (Lipinski definition) is 2. The van der Waals surface area contributed by atoms with Crippen molar-refractivity contribution in [1.82, 2.24) is 9.97 Å². The first kappa shape index (κ1) is 16.6. The standard InChI is InChI=1S/C19H18N4O2/c1-4-12-7-14(6-5-13(12)10-20)23-19-15-8-17(24-2)18(25-3)9-16(15)21-11-22-19/h1,5-9,11H,10,20H2,2-3H3,(H,21,22,23). The highest BCUT2D eigenvalue weighted by molar-refractivity contribution is 5.93. The third-order valence-corrected chi connectivity index (χ3v) is 3.89. The number of hydrogen-bond acceptors (Lipinski definition) is 6. The van der Waals surface area contributed by atoms with Crippen molar-refractivity contribution >= 4 is 22.4 Å². The number of nitrogens with one attached hydrogen (secondary N) is 1. The normalized spacial score (nSPS) is 10.3. The molecule has 0 spiro atoms. The number of nitrogens with zero attached hydrogens (tertiary/aromatic N) is 2. The zero-order chi connectivity index (χ0) is 17.8. The molecule has 0 radical (unpaired) electrons. The summed E-state index contributed by atoms with van der Waals surface area (Å²) in [5.74, 6) is 4.52. The SMILES string of the molecule is C#Cc1cc(Nc2ncnc3cc(OC)c(OC)cc23)ccc1CN. The van der Waals surface area contributed by atoms with Crippen molar-refractivity contribution in [2.45, 2.75) is 6.54 Å². The smallest absolute Gasteiger partial charge is 0.162 e. The number of benzene rings is 2. The molecule has 25 heavy (non-hydrogen) atoms. The van der Waals surface area contributed by atoms with E-state index in [2.05, 4.69) is 21.2 Å². The van der Waals surface area contributed by atoms with Gasteiger partial charge in [-0.15, -0.1) is 6.42 Å². The Hall–Kier alpha value is -3.30. The zero-order valence-corrected chi connectivity index (χ0v) is 14.0. The molecule has 1 heterocycles. The Kier molecular flexibility index (Phi) is 4.68. The second kappa shape index (κ2) is 7.07. The van der Waals surface area contributed by atoms with E-state index in [9.17, 15) is 0 Å². The van der Waals surface area contributed by atoms with Gasteiger partial charge in [-0.3, -0.25) is 0 Å². The van der Waals surface area contributed by atoms with E-state index in [1.165, 1.54) is 6.33 Å². The highest BCUT2D eigenvalue weighted by Crippen LogP contribution is 2.34. The maximum Gasteiger partial charge on any atom is 0.162 e. The predicted octanol–water partition coefficient (Wildman–Crippen LogP) is 2.83. The quantitative estimate of drug-likeness (QED) is 0.698. The van der Waals surface area contributed by atoms with E-state index in [0.29, 0.717) is 23.9 Å². The molecule has 0 atom stereocenters. The Balaban J connectivity index is 2.06. The highest BCUT2D eigenvalue weighted by atomic mass is 16.5. The minimum absolute atomic E-state index is 0.396. The van der Waals surface area contributed by atoms with E-state index in [1.807, 2.05) is 30.3 Å². The molecule has 0 amide bonds. The lowest BCUT2D eigenvalue weighted by atomic mass is 10.1. The third-order valence-electron chi connectivity index (χ3n) is 3.89. The lowest BCUT2D eigenvalue weighted by Crippen LogP contribution is -2.02. The van der Waals surface area contributed by atoms with Gasteiger partial charge in [-0.05, 0) is 23.8 Å². The summed E-state index contributed by atoms with van der Waals surface area (Å²) >= 11 is 0. The molecule has 126 valence electrons. The molecule has 0 saturated carbocycles. The van der Waals surface area contributed by atoms with E-state index in [1.54, 1.807) is 14.2 Å². The zero-order valence-electron chi connectivity index (χ0n) is 14.0. The second-order valence-corrected chi connectivity index (χ2v) is 5.29. The van der Waals surface area contributed by atoms with Crippen molar-refractivity contribution < 1.29 is 9.47 Å². The summed E-state index contributed by atoms with van der Waals surface area (Å²) in [4.78, 5) is 8.63. The minimum Gasteiger partial charge on any atom is -0.493 e. The molecule has 2 aromatic carbocycles. The number of anilines is 2. The summed E-state index contributed by atoms with van der Waals surface area (Å²) < 4.78 is 10.7. The average molecular weight is 334 g/mol. The largest absolute Gasteiger partial charge is 0.493 e. The van der Waals surface area contributed by atoms with E-state index in [4.69, 9.17) is 21.6 Å². The first-order chi connectivity index (χ1) is 12.2. The van der Waals surface area contributed by atoms with Crippen molar-refractivity contribution in [3.05, 3.63) is 47.8 Å². The molecule has 3 N–H and O–H groups in total. The molecule has 0 saturated heterocycles. The number of fused-ring (bicyclic) bond motifs is 1. The van der Waals surface area contributed by atoms with E-state index < -0.39 is 0 Å². The van der Waals surface area contributed by atoms with Gasteiger partial charge >= 0.3 is 0 Å². The maximum absolute atomic E-state index is 5.70. The summed E-state index contributed by atoms with van der Waals surface area (Å²) in [5, 5.41) is 4.09. The van der Waals surface area contributed by atoms with Crippen molar-refractivity contribution in [3.8, 4) is 23.8 Å². The van der Waals surface area contributed by atoms with Crippen LogP contribution in [0.5, 0.6) is 11.5 Å². The number of aromatic nitrogens is 2. The van der Waals surface area contributed by atoms with Crippen LogP contribution >= 0.6 is 0 Å². The highest BCUT2D eigenvalue weighted by Gasteiger charge is 2.11. The Bertz CT molecular complexity index is 964. The van der Waals surface area contributed by atoms with Crippen LogP contribution in [0.25, 0.3) is 10.9 Å². The molecule has 6 nitrogen and oxygen atoms in total. The van der Waals surface area contributed by atoms with Gasteiger partial charge in [-0.1, -0.05) is 12.0 Å². The van der Waals surface area contributed by atoms with Crippen molar-refractivity contribution in [2.75, 3.05) is 19.5 Å². The Morgan fingerprint density at radius 2 is 1.88 bits per heavy atom. The van der Waals surface area contributed by atoms with Gasteiger partial charge in [0.15, 0.2) is 11.5 Å². The molecule has 0 aliphatic carbocycles. The number of ether oxygens (including phenoxy) is 2. The van der Waals surface area contributed by atoms with Gasteiger partial charge in [0.25, 0.3) is 0 Å². The monoisotopic (exact) mass is 334 g/mol. The van der Waals surface area contributed by atoms with Gasteiger partial charge in [0.2, 0.25) is 0 Å². The fraction of sp³-hybridized carbons (Fsp3) is 0.158. The molecular formula is C19H18N4O2. The van der Waals surface area contributed by atoms with Crippen LogP contribution in [0, 0.1) is 12.3 Å². The summed E-state index contributed by atoms with van der Waals surface area (Å²) in [6.45, 7) is 0.396. The van der Waals surface area contributed by atoms with Crippen LogP contribution in [-0.2, 0) is 6.54 Å². The average Bonchev–Trinajstić information content (AvgIpc) is 2.66. The Labute approximate surface area is 146 Å². The van der Waals surface area contributed by atoms with Crippen LogP contribution < -0.4 is 20.5 Å². The van der Waals surface area contributed by atoms with Crippen LogP contribution in [0.15, 0.2) is 36.7 Å². The fourth-order valence-corrected chi connectivity index (χ4v) is 2.59. The predicted molar refractivity (Wildman–Crippen MR) is 98.2 cm³/mol. The van der Waals surface area contributed by atoms with Crippen LogP contribution in [0.3, 0.4) is 0 Å². The fourth-order valence-electron chi connectivity index (χ4n) is 2.59. The summed E-state index contributed by atoms with van der Waals surface area (Å²) in [7, 11) is 3.18. The van der Waals surface area contributed by atoms with Gasteiger partial charge in [0.1, 0.15) is 12.1 Å². The van der Waals surface area contributed by atoms with Gasteiger partial charge in [0.05, 0.1) is 19.7 Å². The molecule has 0 aliphatic rings. The van der Waals surface area contributed by atoms with Gasteiger partial charge in [-0.25, -0.2) is 9.97 Å². The minimum atomic E-state index is 0.396. The number of terminal acetylenes is 1. The second-order valence-electron chi connectivity index (χ2n) is 5.29. The number of nitrogens with two attached hydrogens (primary N) is 1. The molecular weight excluding hydrogens is 316 g/mol. The first-order valence-corrected chi connectivity index (χ1v) is 7.63. The molecule has 3 rings (SSSR count). The van der Waals surface area contributed by atoms with Gasteiger partial charge in [-0.2, -0.15) is 0 Å². The van der Waals surface area contributed by atoms with Crippen molar-refractivity contribution in [1.29, 1.82) is 0 Å². The summed E-state index contributed by atoms with van der Waals surface area (Å²) in [6.07, 6.45) is 7.05. The topological polar surface area (TPSA) is 82.3 Å². The van der Waals surface area contributed by atoms with Crippen LogP contribution in [0.1, 0.15) is 11.1 Å². The number of rotatable bonds is 5.